The van der Waals surface area contributed by atoms with E-state index in [9.17, 15) is 4.79 Å². The van der Waals surface area contributed by atoms with Crippen LogP contribution in [0.15, 0.2) is 72.8 Å². The summed E-state index contributed by atoms with van der Waals surface area (Å²) >= 11 is 6.16. The maximum absolute atomic E-state index is 12.3. The number of nitrogens with zero attached hydrogens (tertiary/aromatic N) is 2. The monoisotopic (exact) mass is 491 g/mol. The summed E-state index contributed by atoms with van der Waals surface area (Å²) in [5.74, 6) is 2.58. The third kappa shape index (κ3) is 6.76. The van der Waals surface area contributed by atoms with Gasteiger partial charge in [0.05, 0.1) is 31.2 Å². The van der Waals surface area contributed by atoms with Gasteiger partial charge in [-0.1, -0.05) is 48.0 Å². The molecule has 4 rings (SSSR count). The van der Waals surface area contributed by atoms with Crippen molar-refractivity contribution in [3.8, 4) is 11.5 Å². The highest BCUT2D eigenvalue weighted by Crippen LogP contribution is 2.20. The van der Waals surface area contributed by atoms with Crippen LogP contribution >= 0.6 is 11.6 Å². The second-order valence-electron chi connectivity index (χ2n) is 8.27. The number of carbonyl (C=O) groups excluding carboxylic acids is 1. The minimum Gasteiger partial charge on any atom is -0.497 e. The zero-order chi connectivity index (χ0) is 24.5. The predicted molar refractivity (Wildman–Crippen MR) is 139 cm³/mol. The topological polar surface area (TPSA) is 65.4 Å². The van der Waals surface area contributed by atoms with Gasteiger partial charge in [0.15, 0.2) is 0 Å². The van der Waals surface area contributed by atoms with Crippen LogP contribution < -0.4 is 14.8 Å². The van der Waals surface area contributed by atoms with Crippen molar-refractivity contribution in [2.45, 2.75) is 32.2 Å². The second kappa shape index (κ2) is 12.3. The zero-order valence-corrected chi connectivity index (χ0v) is 20.6. The molecule has 0 saturated heterocycles. The fourth-order valence-electron chi connectivity index (χ4n) is 4.02. The van der Waals surface area contributed by atoms with Crippen LogP contribution in [-0.2, 0) is 24.2 Å². The van der Waals surface area contributed by atoms with Gasteiger partial charge in [-0.15, -0.1) is 0 Å². The van der Waals surface area contributed by atoms with Gasteiger partial charge in [0.25, 0.3) is 0 Å². The van der Waals surface area contributed by atoms with Gasteiger partial charge < -0.3 is 19.4 Å². The summed E-state index contributed by atoms with van der Waals surface area (Å²) in [6.07, 6.45) is 2.71. The van der Waals surface area contributed by atoms with E-state index in [2.05, 4.69) is 16.0 Å². The van der Waals surface area contributed by atoms with Gasteiger partial charge in [0.2, 0.25) is 5.91 Å². The second-order valence-corrected chi connectivity index (χ2v) is 8.68. The number of nitrogens with one attached hydrogen (secondary N) is 1. The van der Waals surface area contributed by atoms with Crippen molar-refractivity contribution in [3.63, 3.8) is 0 Å². The van der Waals surface area contributed by atoms with E-state index in [0.29, 0.717) is 18.2 Å². The van der Waals surface area contributed by atoms with Crippen LogP contribution in [0.2, 0.25) is 5.02 Å². The number of aromatic nitrogens is 2. The van der Waals surface area contributed by atoms with Gasteiger partial charge in [-0.2, -0.15) is 0 Å². The Bertz CT molecular complexity index is 1270. The molecule has 0 aliphatic heterocycles. The molecule has 1 amide bonds. The van der Waals surface area contributed by atoms with E-state index in [-0.39, 0.29) is 12.3 Å². The van der Waals surface area contributed by atoms with Crippen molar-refractivity contribution in [1.29, 1.82) is 0 Å². The molecule has 0 aliphatic rings. The summed E-state index contributed by atoms with van der Waals surface area (Å²) in [6.45, 7) is 1.99. The number of rotatable bonds is 12. The van der Waals surface area contributed by atoms with Crippen molar-refractivity contribution >= 4 is 28.5 Å². The molecule has 35 heavy (non-hydrogen) atoms. The number of hydrogen-bond acceptors (Lipinski definition) is 4. The SMILES string of the molecule is COc1cccc(OCCCn2c(CCCNC(=O)Cc3ccccc3Cl)nc3ccccc32)c1. The van der Waals surface area contributed by atoms with Crippen molar-refractivity contribution in [2.75, 3.05) is 20.3 Å². The number of amides is 1. The van der Waals surface area contributed by atoms with Crippen LogP contribution in [0.25, 0.3) is 11.0 Å². The summed E-state index contributed by atoms with van der Waals surface area (Å²) in [6, 6.07) is 23.2. The molecular weight excluding hydrogens is 462 g/mol. The Morgan fingerprint density at radius 2 is 1.80 bits per heavy atom. The molecule has 1 heterocycles. The number of benzene rings is 3. The van der Waals surface area contributed by atoms with Gasteiger partial charge in [0.1, 0.15) is 17.3 Å². The number of carbonyl (C=O) groups is 1. The molecule has 3 aromatic carbocycles. The minimum absolute atomic E-state index is 0.0266. The van der Waals surface area contributed by atoms with Crippen LogP contribution in [-0.4, -0.2) is 35.7 Å². The Labute approximate surface area is 210 Å². The molecule has 0 unspecified atom stereocenters. The maximum Gasteiger partial charge on any atom is 0.224 e. The molecule has 6 nitrogen and oxygen atoms in total. The molecule has 0 atom stereocenters. The molecule has 0 saturated carbocycles. The Morgan fingerprint density at radius 1 is 1.00 bits per heavy atom. The van der Waals surface area contributed by atoms with Crippen LogP contribution in [0.5, 0.6) is 11.5 Å². The third-order valence-corrected chi connectivity index (χ3v) is 6.15. The molecule has 0 spiro atoms. The summed E-state index contributed by atoms with van der Waals surface area (Å²) in [5.41, 5.74) is 2.94. The highest BCUT2D eigenvalue weighted by molar-refractivity contribution is 6.31. The lowest BCUT2D eigenvalue weighted by Crippen LogP contribution is -2.26. The highest BCUT2D eigenvalue weighted by Gasteiger charge is 2.11. The number of hydrogen-bond donors (Lipinski definition) is 1. The van der Waals surface area contributed by atoms with Gasteiger partial charge in [-0.25, -0.2) is 4.98 Å². The van der Waals surface area contributed by atoms with E-state index in [1.54, 1.807) is 13.2 Å². The maximum atomic E-state index is 12.3. The molecule has 1 aromatic heterocycles. The van der Waals surface area contributed by atoms with Crippen molar-refractivity contribution < 1.29 is 14.3 Å². The average molecular weight is 492 g/mol. The number of imidazole rings is 1. The van der Waals surface area contributed by atoms with E-state index in [0.717, 1.165) is 59.7 Å². The summed E-state index contributed by atoms with van der Waals surface area (Å²) in [7, 11) is 1.65. The van der Waals surface area contributed by atoms with E-state index in [1.807, 2.05) is 60.7 Å². The quantitative estimate of drug-likeness (QED) is 0.267. The number of ether oxygens (including phenoxy) is 2. The number of aryl methyl sites for hydroxylation is 2. The Balaban J connectivity index is 1.29. The molecular formula is C28H30ClN3O3. The summed E-state index contributed by atoms with van der Waals surface area (Å²) in [4.78, 5) is 17.1. The fourth-order valence-corrected chi connectivity index (χ4v) is 4.22. The lowest BCUT2D eigenvalue weighted by atomic mass is 10.1. The molecule has 0 radical (unpaired) electrons. The van der Waals surface area contributed by atoms with E-state index in [1.165, 1.54) is 0 Å². The number of fused-ring (bicyclic) bond motifs is 1. The molecule has 1 N–H and O–H groups in total. The first-order valence-corrected chi connectivity index (χ1v) is 12.2. The first-order valence-electron chi connectivity index (χ1n) is 11.8. The first kappa shape index (κ1) is 24.6. The molecule has 4 aromatic rings. The predicted octanol–water partition coefficient (Wildman–Crippen LogP) is 5.46. The lowest BCUT2D eigenvalue weighted by molar-refractivity contribution is -0.120. The minimum atomic E-state index is -0.0266. The third-order valence-electron chi connectivity index (χ3n) is 5.78. The van der Waals surface area contributed by atoms with Crippen molar-refractivity contribution in [2.24, 2.45) is 0 Å². The number of methoxy groups -OCH3 is 1. The van der Waals surface area contributed by atoms with E-state index in [4.69, 9.17) is 26.1 Å². The van der Waals surface area contributed by atoms with Crippen LogP contribution in [0, 0.1) is 0 Å². The summed E-state index contributed by atoms with van der Waals surface area (Å²) in [5, 5.41) is 3.61. The molecule has 7 heteroatoms. The number of para-hydroxylation sites is 2. The molecule has 0 aliphatic carbocycles. The Hall–Kier alpha value is -3.51. The largest absolute Gasteiger partial charge is 0.497 e. The normalized spacial score (nSPS) is 10.9. The molecule has 0 fully saturated rings. The van der Waals surface area contributed by atoms with Gasteiger partial charge >= 0.3 is 0 Å². The van der Waals surface area contributed by atoms with Crippen LogP contribution in [0.3, 0.4) is 0 Å². The summed E-state index contributed by atoms with van der Waals surface area (Å²) < 4.78 is 13.4. The van der Waals surface area contributed by atoms with Crippen molar-refractivity contribution in [1.82, 2.24) is 14.9 Å². The van der Waals surface area contributed by atoms with E-state index >= 15 is 0 Å². The standard InChI is InChI=1S/C28H30ClN3O3/c1-34-22-10-6-11-23(20-22)35-18-8-17-32-26-14-5-4-13-25(26)31-27(32)15-7-16-30-28(33)19-21-9-2-3-12-24(21)29/h2-6,9-14,20H,7-8,15-19H2,1H3,(H,30,33). The molecule has 0 bridgehead atoms. The van der Waals surface area contributed by atoms with Crippen molar-refractivity contribution in [3.05, 3.63) is 89.2 Å². The van der Waals surface area contributed by atoms with Gasteiger partial charge in [-0.3, -0.25) is 4.79 Å². The van der Waals surface area contributed by atoms with Crippen LogP contribution in [0.1, 0.15) is 24.2 Å². The zero-order valence-electron chi connectivity index (χ0n) is 19.9. The van der Waals surface area contributed by atoms with Gasteiger partial charge in [0, 0.05) is 30.6 Å². The smallest absolute Gasteiger partial charge is 0.224 e. The van der Waals surface area contributed by atoms with Gasteiger partial charge in [-0.05, 0) is 48.7 Å². The first-order chi connectivity index (χ1) is 17.1. The fraction of sp³-hybridized carbons (Fsp3) is 0.286. The van der Waals surface area contributed by atoms with Crippen LogP contribution in [0.4, 0.5) is 0 Å². The lowest BCUT2D eigenvalue weighted by Gasteiger charge is -2.11. The average Bonchev–Trinajstić information content (AvgIpc) is 3.23. The Kier molecular flexibility index (Phi) is 8.63. The highest BCUT2D eigenvalue weighted by atomic mass is 35.5. The van der Waals surface area contributed by atoms with E-state index < -0.39 is 0 Å². The Morgan fingerprint density at radius 3 is 2.66 bits per heavy atom. The molecule has 182 valence electrons. The number of halogens is 1.